The van der Waals surface area contributed by atoms with Crippen molar-refractivity contribution in [1.29, 1.82) is 0 Å². The fourth-order valence-electron chi connectivity index (χ4n) is 1.57. The van der Waals surface area contributed by atoms with Crippen molar-refractivity contribution < 1.29 is 0 Å². The van der Waals surface area contributed by atoms with Gasteiger partial charge < -0.3 is 16.1 Å². The number of aromatic nitrogens is 3. The summed E-state index contributed by atoms with van der Waals surface area (Å²) in [4.78, 5) is 14.0. The SMILES string of the molecule is CN(Cc1ccncc1)c1cc(NN)nc(N)n1. The largest absolute Gasteiger partial charge is 0.368 e. The molecule has 94 valence electrons. The van der Waals surface area contributed by atoms with Gasteiger partial charge in [-0.2, -0.15) is 9.97 Å². The molecule has 0 aliphatic rings. The number of hydrogen-bond donors (Lipinski definition) is 3. The van der Waals surface area contributed by atoms with Gasteiger partial charge in [-0.25, -0.2) is 5.84 Å². The Morgan fingerprint density at radius 2 is 2.00 bits per heavy atom. The van der Waals surface area contributed by atoms with Gasteiger partial charge in [0.1, 0.15) is 11.6 Å². The summed E-state index contributed by atoms with van der Waals surface area (Å²) in [6.45, 7) is 0.697. The van der Waals surface area contributed by atoms with Crippen LogP contribution in [0.5, 0.6) is 0 Å². The maximum Gasteiger partial charge on any atom is 0.223 e. The van der Waals surface area contributed by atoms with E-state index in [-0.39, 0.29) is 5.95 Å². The summed E-state index contributed by atoms with van der Waals surface area (Å²) in [5, 5.41) is 0. The Labute approximate surface area is 105 Å². The molecule has 0 aromatic carbocycles. The fraction of sp³-hybridized carbons (Fsp3) is 0.182. The number of nitrogens with one attached hydrogen (secondary N) is 1. The van der Waals surface area contributed by atoms with Gasteiger partial charge in [0.25, 0.3) is 0 Å². The molecule has 0 saturated carbocycles. The molecule has 7 nitrogen and oxygen atoms in total. The van der Waals surface area contributed by atoms with E-state index in [1.807, 2.05) is 24.1 Å². The third kappa shape index (κ3) is 2.83. The standard InChI is InChI=1S/C11H15N7/c1-18(7-8-2-4-14-5-3-8)10-6-9(17-13)15-11(12)16-10/h2-6H,7,13H2,1H3,(H3,12,15,16,17). The molecule has 0 amide bonds. The van der Waals surface area contributed by atoms with Crippen molar-refractivity contribution in [3.05, 3.63) is 36.2 Å². The van der Waals surface area contributed by atoms with Crippen molar-refractivity contribution in [1.82, 2.24) is 15.0 Å². The lowest BCUT2D eigenvalue weighted by Gasteiger charge is -2.18. The van der Waals surface area contributed by atoms with Crippen LogP contribution in [0.25, 0.3) is 0 Å². The summed E-state index contributed by atoms with van der Waals surface area (Å²) in [5.41, 5.74) is 9.20. The van der Waals surface area contributed by atoms with Gasteiger partial charge in [-0.3, -0.25) is 4.98 Å². The first-order valence-corrected chi connectivity index (χ1v) is 5.40. The molecule has 2 aromatic heterocycles. The molecule has 2 rings (SSSR count). The van der Waals surface area contributed by atoms with Crippen LogP contribution in [0.2, 0.25) is 0 Å². The van der Waals surface area contributed by atoms with Gasteiger partial charge in [0.05, 0.1) is 0 Å². The summed E-state index contributed by atoms with van der Waals surface area (Å²) >= 11 is 0. The summed E-state index contributed by atoms with van der Waals surface area (Å²) in [5.74, 6) is 6.69. The van der Waals surface area contributed by atoms with Crippen LogP contribution in [0.4, 0.5) is 17.6 Å². The molecule has 0 radical (unpaired) electrons. The molecule has 0 aliphatic heterocycles. The Balaban J connectivity index is 2.18. The average Bonchev–Trinajstić information content (AvgIpc) is 2.39. The van der Waals surface area contributed by atoms with Crippen molar-refractivity contribution in [2.75, 3.05) is 23.1 Å². The lowest BCUT2D eigenvalue weighted by Crippen LogP contribution is -2.19. The molecule has 0 spiro atoms. The summed E-state index contributed by atoms with van der Waals surface area (Å²) < 4.78 is 0. The van der Waals surface area contributed by atoms with E-state index in [1.54, 1.807) is 18.5 Å². The van der Waals surface area contributed by atoms with Gasteiger partial charge in [-0.15, -0.1) is 0 Å². The molecule has 5 N–H and O–H groups in total. The minimum atomic E-state index is 0.182. The van der Waals surface area contributed by atoms with Crippen molar-refractivity contribution in [3.63, 3.8) is 0 Å². The van der Waals surface area contributed by atoms with Gasteiger partial charge in [0.2, 0.25) is 5.95 Å². The lowest BCUT2D eigenvalue weighted by atomic mass is 10.2. The van der Waals surface area contributed by atoms with E-state index >= 15 is 0 Å². The molecule has 18 heavy (non-hydrogen) atoms. The summed E-state index contributed by atoms with van der Waals surface area (Å²) in [6, 6.07) is 5.63. The van der Waals surface area contributed by atoms with Crippen LogP contribution in [0.15, 0.2) is 30.6 Å². The monoisotopic (exact) mass is 245 g/mol. The quantitative estimate of drug-likeness (QED) is 0.528. The number of pyridine rings is 1. The Morgan fingerprint density at radius 3 is 2.67 bits per heavy atom. The summed E-state index contributed by atoms with van der Waals surface area (Å²) in [7, 11) is 1.92. The van der Waals surface area contributed by atoms with Gasteiger partial charge in [0, 0.05) is 32.1 Å². The highest BCUT2D eigenvalue weighted by molar-refractivity contribution is 5.51. The van der Waals surface area contributed by atoms with Crippen LogP contribution in [-0.4, -0.2) is 22.0 Å². The Hall–Kier alpha value is -2.41. The number of nitrogens with two attached hydrogens (primary N) is 2. The van der Waals surface area contributed by atoms with Crippen molar-refractivity contribution in [2.45, 2.75) is 6.54 Å². The van der Waals surface area contributed by atoms with Gasteiger partial charge >= 0.3 is 0 Å². The van der Waals surface area contributed by atoms with Crippen LogP contribution in [-0.2, 0) is 6.54 Å². The van der Waals surface area contributed by atoms with Gasteiger partial charge in [0.15, 0.2) is 0 Å². The zero-order valence-electron chi connectivity index (χ0n) is 10.0. The predicted octanol–water partition coefficient (Wildman–Crippen LogP) is 0.376. The molecule has 2 aromatic rings. The Bertz CT molecular complexity index is 514. The lowest BCUT2D eigenvalue weighted by molar-refractivity contribution is 0.891. The first-order chi connectivity index (χ1) is 8.69. The second-order valence-electron chi connectivity index (χ2n) is 3.83. The fourth-order valence-corrected chi connectivity index (χ4v) is 1.57. The van der Waals surface area contributed by atoms with E-state index in [2.05, 4.69) is 20.4 Å². The molecular formula is C11H15N7. The molecule has 7 heteroatoms. The second kappa shape index (κ2) is 5.28. The third-order valence-corrected chi connectivity index (χ3v) is 2.44. The zero-order valence-corrected chi connectivity index (χ0v) is 10.0. The van der Waals surface area contributed by atoms with E-state index in [4.69, 9.17) is 11.6 Å². The van der Waals surface area contributed by atoms with Crippen LogP contribution in [0.3, 0.4) is 0 Å². The smallest absolute Gasteiger partial charge is 0.223 e. The van der Waals surface area contributed by atoms with Crippen LogP contribution >= 0.6 is 0 Å². The molecule has 0 bridgehead atoms. The molecule has 0 aliphatic carbocycles. The number of rotatable bonds is 4. The second-order valence-corrected chi connectivity index (χ2v) is 3.83. The van der Waals surface area contributed by atoms with Crippen LogP contribution in [0.1, 0.15) is 5.56 Å². The summed E-state index contributed by atoms with van der Waals surface area (Å²) in [6.07, 6.45) is 3.51. The molecule has 0 atom stereocenters. The predicted molar refractivity (Wildman–Crippen MR) is 70.6 cm³/mol. The number of nitrogen functional groups attached to an aromatic ring is 2. The zero-order chi connectivity index (χ0) is 13.0. The van der Waals surface area contributed by atoms with Crippen molar-refractivity contribution in [3.8, 4) is 0 Å². The highest BCUT2D eigenvalue weighted by Crippen LogP contribution is 2.16. The normalized spacial score (nSPS) is 10.1. The maximum atomic E-state index is 5.61. The minimum absolute atomic E-state index is 0.182. The number of anilines is 3. The maximum absolute atomic E-state index is 5.61. The first-order valence-electron chi connectivity index (χ1n) is 5.40. The topological polar surface area (TPSA) is 106 Å². The van der Waals surface area contributed by atoms with Gasteiger partial charge in [-0.1, -0.05) is 0 Å². The van der Waals surface area contributed by atoms with E-state index < -0.39 is 0 Å². The molecule has 0 saturated heterocycles. The number of hydrazine groups is 1. The third-order valence-electron chi connectivity index (χ3n) is 2.44. The number of hydrogen-bond acceptors (Lipinski definition) is 7. The average molecular weight is 245 g/mol. The molecule has 0 fully saturated rings. The van der Waals surface area contributed by atoms with Crippen LogP contribution in [0, 0.1) is 0 Å². The highest BCUT2D eigenvalue weighted by Gasteiger charge is 2.07. The van der Waals surface area contributed by atoms with Crippen LogP contribution < -0.4 is 21.9 Å². The van der Waals surface area contributed by atoms with E-state index in [9.17, 15) is 0 Å². The van der Waals surface area contributed by atoms with Crippen molar-refractivity contribution in [2.24, 2.45) is 5.84 Å². The van der Waals surface area contributed by atoms with E-state index in [1.165, 1.54) is 0 Å². The Kier molecular flexibility index (Phi) is 3.54. The van der Waals surface area contributed by atoms with E-state index in [0.29, 0.717) is 18.2 Å². The molecule has 0 unspecified atom stereocenters. The minimum Gasteiger partial charge on any atom is -0.368 e. The first kappa shape index (κ1) is 12.1. The molecule has 2 heterocycles. The Morgan fingerprint density at radius 1 is 1.28 bits per heavy atom. The molecular weight excluding hydrogens is 230 g/mol. The highest BCUT2D eigenvalue weighted by atomic mass is 15.3. The number of nitrogens with zero attached hydrogens (tertiary/aromatic N) is 4. The van der Waals surface area contributed by atoms with Crippen molar-refractivity contribution >= 4 is 17.6 Å². The van der Waals surface area contributed by atoms with E-state index in [0.717, 1.165) is 5.56 Å². The van der Waals surface area contributed by atoms with Gasteiger partial charge in [-0.05, 0) is 17.7 Å².